The van der Waals surface area contributed by atoms with Crippen molar-refractivity contribution >= 4 is 22.7 Å². The maximum atomic E-state index is 12.5. The first kappa shape index (κ1) is 17.7. The van der Waals surface area contributed by atoms with E-state index in [9.17, 15) is 9.59 Å². The lowest BCUT2D eigenvalue weighted by atomic mass is 10.0. The fraction of sp³-hybridized carbons (Fsp3) is 0.333. The second kappa shape index (κ2) is 7.50. The van der Waals surface area contributed by atoms with Crippen molar-refractivity contribution < 1.29 is 28.5 Å². The van der Waals surface area contributed by atoms with Gasteiger partial charge in [0.2, 0.25) is 0 Å². The number of carbonyl (C=O) groups is 2. The summed E-state index contributed by atoms with van der Waals surface area (Å²) in [5.41, 5.74) is 1.34. The summed E-state index contributed by atoms with van der Waals surface area (Å²) >= 11 is 0. The summed E-state index contributed by atoms with van der Waals surface area (Å²) < 4.78 is 21.9. The van der Waals surface area contributed by atoms with Crippen LogP contribution in [0.25, 0.3) is 10.8 Å². The molecule has 0 N–H and O–H groups in total. The average molecular weight is 368 g/mol. The van der Waals surface area contributed by atoms with E-state index in [1.54, 1.807) is 12.1 Å². The topological polar surface area (TPSA) is 71.1 Å². The molecule has 2 aromatic rings. The lowest BCUT2D eigenvalue weighted by Crippen LogP contribution is -2.32. The van der Waals surface area contributed by atoms with E-state index in [1.807, 2.05) is 24.3 Å². The third-order valence-corrected chi connectivity index (χ3v) is 4.87. The van der Waals surface area contributed by atoms with Crippen molar-refractivity contribution in [1.82, 2.24) is 0 Å². The quantitative estimate of drug-likeness (QED) is 0.597. The normalized spacial score (nSPS) is 23.8. The number of hydrogen-bond donors (Lipinski definition) is 0. The van der Waals surface area contributed by atoms with E-state index in [-0.39, 0.29) is 30.9 Å². The number of hydrogen-bond acceptors (Lipinski definition) is 6. The van der Waals surface area contributed by atoms with Gasteiger partial charge in [-0.25, -0.2) is 9.59 Å². The molecule has 0 saturated carbocycles. The predicted octanol–water partition coefficient (Wildman–Crippen LogP) is 2.78. The average Bonchev–Trinajstić information content (AvgIpc) is 3.30. The van der Waals surface area contributed by atoms with E-state index >= 15 is 0 Å². The summed E-state index contributed by atoms with van der Waals surface area (Å²) in [5.74, 6) is -0.844. The Hall–Kier alpha value is -2.70. The molecule has 140 valence electrons. The van der Waals surface area contributed by atoms with Crippen LogP contribution in [0.1, 0.15) is 22.3 Å². The maximum Gasteiger partial charge on any atom is 0.338 e. The summed E-state index contributed by atoms with van der Waals surface area (Å²) in [6, 6.07) is 11.0. The zero-order chi connectivity index (χ0) is 18.8. The third kappa shape index (κ3) is 3.72. The van der Waals surface area contributed by atoms with E-state index in [0.717, 1.165) is 28.8 Å². The zero-order valence-electron chi connectivity index (χ0n) is 14.8. The van der Waals surface area contributed by atoms with E-state index < -0.39 is 5.97 Å². The SMILES string of the molecule is C=CC(=O)OCc1ccc2cc(C(=O)OC3CO[C@@H]4CCO[C@H]34)ccc2c1. The standard InChI is InChI=1S/C21H20O6/c1-2-19(22)26-11-13-3-4-15-10-16(6-5-14(15)9-13)21(23)27-18-12-25-17-7-8-24-20(17)18/h2-6,9-10,17-18,20H,1,7-8,11-12H2/t17-,18?,20+/m1/s1. The molecule has 3 atom stereocenters. The number of benzene rings is 2. The number of ether oxygens (including phenoxy) is 4. The van der Waals surface area contributed by atoms with Crippen LogP contribution in [0.2, 0.25) is 0 Å². The van der Waals surface area contributed by atoms with Crippen LogP contribution in [0.3, 0.4) is 0 Å². The molecule has 2 heterocycles. The minimum Gasteiger partial charge on any atom is -0.458 e. The Morgan fingerprint density at radius 3 is 2.81 bits per heavy atom. The van der Waals surface area contributed by atoms with Gasteiger partial charge in [-0.2, -0.15) is 0 Å². The van der Waals surface area contributed by atoms with Crippen molar-refractivity contribution in [3.63, 3.8) is 0 Å². The molecule has 2 fully saturated rings. The lowest BCUT2D eigenvalue weighted by Gasteiger charge is -2.16. The van der Waals surface area contributed by atoms with E-state index in [2.05, 4.69) is 6.58 Å². The molecule has 0 bridgehead atoms. The molecule has 27 heavy (non-hydrogen) atoms. The smallest absolute Gasteiger partial charge is 0.338 e. The first-order chi connectivity index (χ1) is 13.1. The minimum atomic E-state index is -0.461. The van der Waals surface area contributed by atoms with E-state index in [0.29, 0.717) is 18.8 Å². The van der Waals surface area contributed by atoms with Crippen LogP contribution in [0.5, 0.6) is 0 Å². The second-order valence-corrected chi connectivity index (χ2v) is 6.65. The molecular formula is C21H20O6. The van der Waals surface area contributed by atoms with Gasteiger partial charge in [-0.15, -0.1) is 0 Å². The molecule has 0 amide bonds. The van der Waals surface area contributed by atoms with Gasteiger partial charge in [0.05, 0.1) is 18.3 Å². The fourth-order valence-corrected chi connectivity index (χ4v) is 3.46. The van der Waals surface area contributed by atoms with Gasteiger partial charge >= 0.3 is 11.9 Å². The Morgan fingerprint density at radius 1 is 1.15 bits per heavy atom. The summed E-state index contributed by atoms with van der Waals surface area (Å²) in [6.45, 7) is 4.56. The minimum absolute atomic E-state index is 0.0352. The van der Waals surface area contributed by atoms with E-state index in [4.69, 9.17) is 18.9 Å². The maximum absolute atomic E-state index is 12.5. The van der Waals surface area contributed by atoms with Gasteiger partial charge < -0.3 is 18.9 Å². The van der Waals surface area contributed by atoms with Crippen molar-refractivity contribution in [2.24, 2.45) is 0 Å². The Bertz CT molecular complexity index is 889. The highest BCUT2D eigenvalue weighted by Crippen LogP contribution is 2.29. The number of rotatable bonds is 5. The van der Waals surface area contributed by atoms with Gasteiger partial charge in [0.15, 0.2) is 6.10 Å². The molecule has 4 rings (SSSR count). The number of carbonyl (C=O) groups excluding carboxylic acids is 2. The van der Waals surface area contributed by atoms with Crippen LogP contribution >= 0.6 is 0 Å². The van der Waals surface area contributed by atoms with Gasteiger partial charge in [-0.3, -0.25) is 0 Å². The Labute approximate surface area is 156 Å². The summed E-state index contributed by atoms with van der Waals surface area (Å²) in [6.07, 6.45) is 1.50. The van der Waals surface area contributed by atoms with Gasteiger partial charge in [0, 0.05) is 12.7 Å². The molecule has 0 aliphatic carbocycles. The van der Waals surface area contributed by atoms with Crippen LogP contribution < -0.4 is 0 Å². The number of esters is 2. The monoisotopic (exact) mass is 368 g/mol. The van der Waals surface area contributed by atoms with Crippen molar-refractivity contribution in [2.45, 2.75) is 31.3 Å². The first-order valence-corrected chi connectivity index (χ1v) is 8.90. The van der Waals surface area contributed by atoms with Crippen LogP contribution in [-0.4, -0.2) is 43.5 Å². The Kier molecular flexibility index (Phi) is 4.92. The molecule has 0 spiro atoms. The highest BCUT2D eigenvalue weighted by Gasteiger charge is 2.44. The highest BCUT2D eigenvalue weighted by molar-refractivity contribution is 5.95. The van der Waals surface area contributed by atoms with Gasteiger partial charge in [-0.05, 0) is 41.0 Å². The molecular weight excluding hydrogens is 348 g/mol. The largest absolute Gasteiger partial charge is 0.458 e. The van der Waals surface area contributed by atoms with Gasteiger partial charge in [0.25, 0.3) is 0 Å². The molecule has 6 nitrogen and oxygen atoms in total. The van der Waals surface area contributed by atoms with Crippen molar-refractivity contribution in [3.8, 4) is 0 Å². The zero-order valence-corrected chi connectivity index (χ0v) is 14.8. The molecule has 1 unspecified atom stereocenters. The summed E-state index contributed by atoms with van der Waals surface area (Å²) in [4.78, 5) is 23.7. The molecule has 2 aromatic carbocycles. The summed E-state index contributed by atoms with van der Waals surface area (Å²) in [5, 5.41) is 1.85. The fourth-order valence-electron chi connectivity index (χ4n) is 3.46. The molecule has 2 aliphatic rings. The van der Waals surface area contributed by atoms with Crippen molar-refractivity contribution in [3.05, 3.63) is 60.2 Å². The predicted molar refractivity (Wildman–Crippen MR) is 97.2 cm³/mol. The van der Waals surface area contributed by atoms with Crippen LogP contribution in [0.15, 0.2) is 49.1 Å². The first-order valence-electron chi connectivity index (χ1n) is 8.90. The third-order valence-electron chi connectivity index (χ3n) is 4.87. The van der Waals surface area contributed by atoms with Crippen molar-refractivity contribution in [1.29, 1.82) is 0 Å². The number of fused-ring (bicyclic) bond motifs is 2. The second-order valence-electron chi connectivity index (χ2n) is 6.65. The van der Waals surface area contributed by atoms with Gasteiger partial charge in [0.1, 0.15) is 12.7 Å². The molecule has 2 saturated heterocycles. The van der Waals surface area contributed by atoms with Gasteiger partial charge in [-0.1, -0.05) is 24.8 Å². The Morgan fingerprint density at radius 2 is 1.96 bits per heavy atom. The highest BCUT2D eigenvalue weighted by atomic mass is 16.6. The lowest BCUT2D eigenvalue weighted by molar-refractivity contribution is -0.138. The molecule has 6 heteroatoms. The Balaban J connectivity index is 1.45. The molecule has 0 aromatic heterocycles. The molecule has 2 aliphatic heterocycles. The van der Waals surface area contributed by atoms with Crippen LogP contribution in [-0.2, 0) is 30.3 Å². The van der Waals surface area contributed by atoms with Crippen LogP contribution in [0, 0.1) is 0 Å². The summed E-state index contributed by atoms with van der Waals surface area (Å²) in [7, 11) is 0. The van der Waals surface area contributed by atoms with E-state index in [1.165, 1.54) is 0 Å². The van der Waals surface area contributed by atoms with Crippen molar-refractivity contribution in [2.75, 3.05) is 13.2 Å². The molecule has 0 radical (unpaired) electrons. The van der Waals surface area contributed by atoms with Crippen LogP contribution in [0.4, 0.5) is 0 Å².